The van der Waals surface area contributed by atoms with E-state index in [9.17, 15) is 0 Å². The molecule has 0 saturated heterocycles. The molecule has 0 saturated carbocycles. The SMILES string of the molecule is CCOCc1nc(Cl)cc(NCCCc2ncc[nH]2)n1. The first-order valence-corrected chi connectivity index (χ1v) is 6.99. The first-order valence-electron chi connectivity index (χ1n) is 6.61. The summed E-state index contributed by atoms with van der Waals surface area (Å²) in [5.74, 6) is 2.30. The summed E-state index contributed by atoms with van der Waals surface area (Å²) < 4.78 is 5.28. The largest absolute Gasteiger partial charge is 0.374 e. The van der Waals surface area contributed by atoms with E-state index in [-0.39, 0.29) is 0 Å². The molecule has 0 bridgehead atoms. The van der Waals surface area contributed by atoms with Crippen LogP contribution in [0.5, 0.6) is 0 Å². The zero-order chi connectivity index (χ0) is 14.2. The van der Waals surface area contributed by atoms with Crippen molar-refractivity contribution in [1.82, 2.24) is 19.9 Å². The van der Waals surface area contributed by atoms with Gasteiger partial charge in [0, 0.05) is 38.0 Å². The van der Waals surface area contributed by atoms with Crippen molar-refractivity contribution in [3.8, 4) is 0 Å². The zero-order valence-corrected chi connectivity index (χ0v) is 12.2. The summed E-state index contributed by atoms with van der Waals surface area (Å²) in [7, 11) is 0. The van der Waals surface area contributed by atoms with Crippen molar-refractivity contribution in [2.24, 2.45) is 0 Å². The lowest BCUT2D eigenvalue weighted by atomic mass is 10.3. The third kappa shape index (κ3) is 4.79. The van der Waals surface area contributed by atoms with Crippen molar-refractivity contribution in [3.05, 3.63) is 35.3 Å². The maximum Gasteiger partial charge on any atom is 0.158 e. The second kappa shape index (κ2) is 7.81. The van der Waals surface area contributed by atoms with Gasteiger partial charge in [0.1, 0.15) is 23.4 Å². The van der Waals surface area contributed by atoms with Gasteiger partial charge in [-0.3, -0.25) is 0 Å². The van der Waals surface area contributed by atoms with Gasteiger partial charge in [-0.15, -0.1) is 0 Å². The maximum absolute atomic E-state index is 5.96. The molecule has 0 aromatic carbocycles. The first kappa shape index (κ1) is 14.7. The fourth-order valence-electron chi connectivity index (χ4n) is 1.72. The molecule has 0 aliphatic carbocycles. The Morgan fingerprint density at radius 2 is 2.30 bits per heavy atom. The number of nitrogens with zero attached hydrogens (tertiary/aromatic N) is 3. The second-order valence-corrected chi connectivity index (χ2v) is 4.58. The Morgan fingerprint density at radius 3 is 3.05 bits per heavy atom. The first-order chi connectivity index (χ1) is 9.78. The van der Waals surface area contributed by atoms with Crippen molar-refractivity contribution >= 4 is 17.4 Å². The number of nitrogens with one attached hydrogen (secondary N) is 2. The molecule has 20 heavy (non-hydrogen) atoms. The van der Waals surface area contributed by atoms with E-state index in [0.717, 1.165) is 31.0 Å². The van der Waals surface area contributed by atoms with Crippen molar-refractivity contribution in [1.29, 1.82) is 0 Å². The number of aromatic amines is 1. The van der Waals surface area contributed by atoms with Gasteiger partial charge in [0.15, 0.2) is 5.82 Å². The minimum atomic E-state index is 0.373. The fourth-order valence-corrected chi connectivity index (χ4v) is 1.92. The molecule has 2 rings (SSSR count). The van der Waals surface area contributed by atoms with Crippen LogP contribution in [-0.4, -0.2) is 33.1 Å². The van der Waals surface area contributed by atoms with Gasteiger partial charge in [-0.1, -0.05) is 11.6 Å². The lowest BCUT2D eigenvalue weighted by Crippen LogP contribution is -2.08. The van der Waals surface area contributed by atoms with E-state index in [1.165, 1.54) is 0 Å². The van der Waals surface area contributed by atoms with Gasteiger partial charge in [0.05, 0.1) is 0 Å². The Labute approximate surface area is 123 Å². The Hall–Kier alpha value is -1.66. The van der Waals surface area contributed by atoms with Gasteiger partial charge < -0.3 is 15.0 Å². The molecule has 6 nitrogen and oxygen atoms in total. The van der Waals surface area contributed by atoms with E-state index in [2.05, 4.69) is 25.3 Å². The molecule has 2 N–H and O–H groups in total. The molecule has 2 aromatic heterocycles. The molecular formula is C13H18ClN5O. The minimum Gasteiger partial charge on any atom is -0.374 e. The number of imidazole rings is 1. The van der Waals surface area contributed by atoms with E-state index < -0.39 is 0 Å². The van der Waals surface area contributed by atoms with Crippen LogP contribution in [-0.2, 0) is 17.8 Å². The zero-order valence-electron chi connectivity index (χ0n) is 11.4. The fraction of sp³-hybridized carbons (Fsp3) is 0.462. The molecule has 0 aliphatic rings. The van der Waals surface area contributed by atoms with E-state index in [1.54, 1.807) is 12.3 Å². The van der Waals surface area contributed by atoms with Crippen LogP contribution in [0.2, 0.25) is 5.15 Å². The average molecular weight is 296 g/mol. The Kier molecular flexibility index (Phi) is 5.76. The second-order valence-electron chi connectivity index (χ2n) is 4.20. The highest BCUT2D eigenvalue weighted by Crippen LogP contribution is 2.12. The van der Waals surface area contributed by atoms with E-state index >= 15 is 0 Å². The van der Waals surface area contributed by atoms with E-state index in [4.69, 9.17) is 16.3 Å². The standard InChI is InChI=1S/C13H18ClN5O/c1-2-20-9-13-18-10(14)8-12(19-13)15-5-3-4-11-16-6-7-17-11/h6-8H,2-5,9H2,1H3,(H,16,17)(H,15,18,19). The number of aryl methyl sites for hydroxylation is 1. The molecule has 0 radical (unpaired) electrons. The van der Waals surface area contributed by atoms with Gasteiger partial charge >= 0.3 is 0 Å². The maximum atomic E-state index is 5.96. The summed E-state index contributed by atoms with van der Waals surface area (Å²) in [5, 5.41) is 3.65. The predicted octanol–water partition coefficient (Wildman–Crippen LogP) is 2.43. The van der Waals surface area contributed by atoms with Crippen LogP contribution in [0.3, 0.4) is 0 Å². The normalized spacial score (nSPS) is 10.7. The number of rotatable bonds is 8. The summed E-state index contributed by atoms with van der Waals surface area (Å²) in [5.41, 5.74) is 0. The van der Waals surface area contributed by atoms with Crippen LogP contribution in [0, 0.1) is 0 Å². The minimum absolute atomic E-state index is 0.373. The van der Waals surface area contributed by atoms with Gasteiger partial charge in [-0.25, -0.2) is 15.0 Å². The summed E-state index contributed by atoms with van der Waals surface area (Å²) in [6, 6.07) is 1.71. The molecule has 0 unspecified atom stereocenters. The Balaban J connectivity index is 1.80. The summed E-state index contributed by atoms with van der Waals surface area (Å²) >= 11 is 5.96. The summed E-state index contributed by atoms with van der Waals surface area (Å²) in [4.78, 5) is 15.7. The lowest BCUT2D eigenvalue weighted by molar-refractivity contribution is 0.128. The molecule has 0 amide bonds. The number of ether oxygens (including phenoxy) is 1. The van der Waals surface area contributed by atoms with Crippen LogP contribution < -0.4 is 5.32 Å². The van der Waals surface area contributed by atoms with Crippen molar-refractivity contribution in [3.63, 3.8) is 0 Å². The summed E-state index contributed by atoms with van der Waals surface area (Å²) in [6.45, 7) is 3.72. The van der Waals surface area contributed by atoms with Crippen LogP contribution in [0.1, 0.15) is 25.0 Å². The monoisotopic (exact) mass is 295 g/mol. The van der Waals surface area contributed by atoms with Gasteiger partial charge in [-0.2, -0.15) is 0 Å². The highest BCUT2D eigenvalue weighted by molar-refractivity contribution is 6.29. The predicted molar refractivity (Wildman–Crippen MR) is 77.8 cm³/mol. The van der Waals surface area contributed by atoms with Gasteiger partial charge in [0.2, 0.25) is 0 Å². The number of H-pyrrole nitrogens is 1. The number of halogens is 1. The molecule has 0 aliphatic heterocycles. The lowest BCUT2D eigenvalue weighted by Gasteiger charge is -2.07. The topological polar surface area (TPSA) is 75.7 Å². The molecular weight excluding hydrogens is 278 g/mol. The quantitative estimate of drug-likeness (QED) is 0.578. The number of anilines is 1. The Morgan fingerprint density at radius 1 is 1.40 bits per heavy atom. The molecule has 108 valence electrons. The highest BCUT2D eigenvalue weighted by atomic mass is 35.5. The van der Waals surface area contributed by atoms with Gasteiger partial charge in [0.25, 0.3) is 0 Å². The number of hydrogen-bond acceptors (Lipinski definition) is 5. The smallest absolute Gasteiger partial charge is 0.158 e. The van der Waals surface area contributed by atoms with Crippen LogP contribution in [0.25, 0.3) is 0 Å². The van der Waals surface area contributed by atoms with E-state index in [1.807, 2.05) is 13.1 Å². The molecule has 2 aromatic rings. The molecule has 0 fully saturated rings. The highest BCUT2D eigenvalue weighted by Gasteiger charge is 2.03. The number of aromatic nitrogens is 4. The Bertz CT molecular complexity index is 517. The molecule has 0 atom stereocenters. The van der Waals surface area contributed by atoms with Crippen molar-refractivity contribution < 1.29 is 4.74 Å². The van der Waals surface area contributed by atoms with Gasteiger partial charge in [-0.05, 0) is 13.3 Å². The third-order valence-corrected chi connectivity index (χ3v) is 2.82. The van der Waals surface area contributed by atoms with Crippen molar-refractivity contribution in [2.75, 3.05) is 18.5 Å². The van der Waals surface area contributed by atoms with Crippen LogP contribution in [0.15, 0.2) is 18.5 Å². The van der Waals surface area contributed by atoms with Crippen LogP contribution >= 0.6 is 11.6 Å². The third-order valence-electron chi connectivity index (χ3n) is 2.63. The van der Waals surface area contributed by atoms with Crippen LogP contribution in [0.4, 0.5) is 5.82 Å². The summed E-state index contributed by atoms with van der Waals surface area (Å²) in [6.07, 6.45) is 5.43. The average Bonchev–Trinajstić information content (AvgIpc) is 2.94. The van der Waals surface area contributed by atoms with Crippen molar-refractivity contribution in [2.45, 2.75) is 26.4 Å². The molecule has 7 heteroatoms. The molecule has 0 spiro atoms. The number of hydrogen-bond donors (Lipinski definition) is 2. The van der Waals surface area contributed by atoms with E-state index in [0.29, 0.717) is 24.2 Å². The molecule has 2 heterocycles.